The third-order valence-corrected chi connectivity index (χ3v) is 7.12. The first-order valence-corrected chi connectivity index (χ1v) is 10.8. The van der Waals surface area contributed by atoms with E-state index in [4.69, 9.17) is 15.2 Å². The van der Waals surface area contributed by atoms with E-state index in [2.05, 4.69) is 5.32 Å². The maximum atomic E-state index is 13.0. The number of nitrogens with one attached hydrogen (secondary N) is 1. The molecule has 0 bridgehead atoms. The van der Waals surface area contributed by atoms with Crippen LogP contribution in [0.25, 0.3) is 0 Å². The van der Waals surface area contributed by atoms with Gasteiger partial charge in [-0.2, -0.15) is 0 Å². The van der Waals surface area contributed by atoms with Crippen LogP contribution < -0.4 is 11.1 Å². The molecule has 3 heterocycles. The van der Waals surface area contributed by atoms with Crippen LogP contribution in [0.4, 0.5) is 0 Å². The fourth-order valence-electron chi connectivity index (χ4n) is 3.34. The van der Waals surface area contributed by atoms with Gasteiger partial charge in [-0.15, -0.1) is 23.1 Å². The van der Waals surface area contributed by atoms with Crippen LogP contribution in [-0.2, 0) is 41.6 Å². The molecule has 30 heavy (non-hydrogen) atoms. The summed E-state index contributed by atoms with van der Waals surface area (Å²) in [6.45, 7) is 1.28. The van der Waals surface area contributed by atoms with E-state index in [0.717, 1.165) is 15.3 Å². The molecule has 2 amide bonds. The smallest absolute Gasteiger partial charge is 0.352 e. The highest BCUT2D eigenvalue weighted by Crippen LogP contribution is 2.46. The number of aliphatic carboxylic acids is 1. The lowest BCUT2D eigenvalue weighted by molar-refractivity contribution is -0.192. The third kappa shape index (κ3) is 3.83. The Balaban J connectivity index is 1.80. The fourth-order valence-corrected chi connectivity index (χ4v) is 5.68. The molecule has 0 aliphatic carbocycles. The van der Waals surface area contributed by atoms with Crippen LogP contribution in [-0.4, -0.2) is 64.3 Å². The molecule has 0 spiro atoms. The van der Waals surface area contributed by atoms with Gasteiger partial charge in [-0.3, -0.25) is 19.3 Å². The minimum Gasteiger partial charge on any atom is -0.477 e. The van der Waals surface area contributed by atoms with Crippen LogP contribution in [0.5, 0.6) is 0 Å². The minimum absolute atomic E-state index is 0.0271. The number of thiophene rings is 1. The van der Waals surface area contributed by atoms with E-state index in [1.54, 1.807) is 0 Å². The zero-order chi connectivity index (χ0) is 22.1. The fraction of sp³-hybridized carbons (Fsp3) is 0.444. The van der Waals surface area contributed by atoms with Gasteiger partial charge < -0.3 is 25.6 Å². The molecule has 12 heteroatoms. The average molecular weight is 456 g/mol. The van der Waals surface area contributed by atoms with Gasteiger partial charge in [0.1, 0.15) is 17.7 Å². The topological polar surface area (TPSA) is 148 Å². The van der Waals surface area contributed by atoms with Crippen molar-refractivity contribution in [1.82, 2.24) is 10.2 Å². The number of carboxylic acids is 1. The van der Waals surface area contributed by atoms with Crippen LogP contribution in [0.1, 0.15) is 17.4 Å². The molecule has 10 nitrogen and oxygen atoms in total. The van der Waals surface area contributed by atoms with Crippen molar-refractivity contribution in [2.45, 2.75) is 31.0 Å². The number of fused-ring (bicyclic) bond motifs is 1. The number of nitrogens with two attached hydrogens (primary N) is 1. The largest absolute Gasteiger partial charge is 0.477 e. The molecule has 1 aromatic heterocycles. The molecular formula is C18H21N3O7S2. The van der Waals surface area contributed by atoms with E-state index in [1.807, 2.05) is 11.4 Å². The molecule has 162 valence electrons. The first kappa shape index (κ1) is 22.3. The van der Waals surface area contributed by atoms with E-state index in [-0.39, 0.29) is 24.5 Å². The van der Waals surface area contributed by atoms with Crippen LogP contribution in [0.3, 0.4) is 0 Å². The van der Waals surface area contributed by atoms with Crippen molar-refractivity contribution in [3.8, 4) is 0 Å². The van der Waals surface area contributed by atoms with Gasteiger partial charge in [-0.1, -0.05) is 0 Å². The molecule has 1 saturated heterocycles. The Labute approximate surface area is 180 Å². The van der Waals surface area contributed by atoms with Gasteiger partial charge in [0.05, 0.1) is 6.42 Å². The number of thioether (sulfide) groups is 1. The quantitative estimate of drug-likeness (QED) is 0.280. The summed E-state index contributed by atoms with van der Waals surface area (Å²) in [5, 5.41) is 13.3. The van der Waals surface area contributed by atoms with Gasteiger partial charge in [0.25, 0.3) is 11.6 Å². The number of methoxy groups -OCH3 is 1. The number of rotatable bonds is 8. The van der Waals surface area contributed by atoms with Crippen molar-refractivity contribution in [3.05, 3.63) is 33.2 Å². The molecule has 2 aliphatic heterocycles. The van der Waals surface area contributed by atoms with Crippen molar-refractivity contribution >= 4 is 46.9 Å². The molecule has 2 atom stereocenters. The Kier molecular flexibility index (Phi) is 6.50. The van der Waals surface area contributed by atoms with Gasteiger partial charge in [0, 0.05) is 36.8 Å². The first-order chi connectivity index (χ1) is 14.2. The first-order valence-electron chi connectivity index (χ1n) is 8.90. The van der Waals surface area contributed by atoms with E-state index in [0.29, 0.717) is 12.1 Å². The Hall–Kier alpha value is -2.41. The number of hydrogen-bond acceptors (Lipinski definition) is 9. The van der Waals surface area contributed by atoms with Crippen molar-refractivity contribution in [3.63, 3.8) is 0 Å². The molecular weight excluding hydrogens is 434 g/mol. The number of ether oxygens (including phenoxy) is 2. The summed E-state index contributed by atoms with van der Waals surface area (Å²) in [6, 6.07) is 1.83. The number of β-lactam (4-membered cyclic amide) rings is 1. The van der Waals surface area contributed by atoms with E-state index in [1.165, 1.54) is 37.1 Å². The molecule has 1 fully saturated rings. The average Bonchev–Trinajstić information content (AvgIpc) is 3.16. The summed E-state index contributed by atoms with van der Waals surface area (Å²) in [5.41, 5.74) is 4.89. The summed E-state index contributed by atoms with van der Waals surface area (Å²) in [4.78, 5) is 50.3. The number of hydrogen-bond donors (Lipinski definition) is 3. The molecule has 1 aromatic rings. The summed E-state index contributed by atoms with van der Waals surface area (Å²) in [5.74, 6) is -2.81. The van der Waals surface area contributed by atoms with Gasteiger partial charge in [0.2, 0.25) is 5.91 Å². The molecule has 0 unspecified atom stereocenters. The number of esters is 1. The molecule has 2 aliphatic rings. The molecule has 0 aromatic carbocycles. The van der Waals surface area contributed by atoms with Crippen LogP contribution in [0.2, 0.25) is 0 Å². The third-order valence-electron chi connectivity index (χ3n) is 4.79. The van der Waals surface area contributed by atoms with Crippen molar-refractivity contribution in [1.29, 1.82) is 0 Å². The second kappa shape index (κ2) is 8.76. The Morgan fingerprint density at radius 3 is 2.77 bits per heavy atom. The van der Waals surface area contributed by atoms with Crippen molar-refractivity contribution in [2.75, 3.05) is 19.5 Å². The zero-order valence-corrected chi connectivity index (χ0v) is 17.9. The van der Waals surface area contributed by atoms with E-state index in [9.17, 15) is 24.3 Å². The van der Waals surface area contributed by atoms with Gasteiger partial charge in [-0.05, 0) is 17.0 Å². The summed E-state index contributed by atoms with van der Waals surface area (Å²) in [7, 11) is 1.28. The SMILES string of the molecule is CO[C@@]1(NC(=O)Cc2sccc2CN)C(=O)N2C(C(=O)O)=C(COC(C)=O)CS[C@H]21. The molecule has 0 radical (unpaired) electrons. The number of carbonyl (C=O) groups excluding carboxylic acids is 3. The summed E-state index contributed by atoms with van der Waals surface area (Å²) in [6.07, 6.45) is 0.0271. The Morgan fingerprint density at radius 1 is 1.43 bits per heavy atom. The Bertz CT molecular complexity index is 929. The lowest BCUT2D eigenvalue weighted by Gasteiger charge is -2.55. The predicted octanol–water partition coefficient (Wildman–Crippen LogP) is 0.0251. The van der Waals surface area contributed by atoms with Crippen molar-refractivity contribution in [2.24, 2.45) is 5.73 Å². The highest BCUT2D eigenvalue weighted by atomic mass is 32.2. The molecule has 0 saturated carbocycles. The number of carboxylic acid groups (broad SMARTS) is 1. The van der Waals surface area contributed by atoms with E-state index >= 15 is 0 Å². The van der Waals surface area contributed by atoms with Crippen LogP contribution in [0.15, 0.2) is 22.7 Å². The second-order valence-corrected chi connectivity index (χ2v) is 8.68. The van der Waals surface area contributed by atoms with Gasteiger partial charge in [-0.25, -0.2) is 4.79 Å². The Morgan fingerprint density at radius 2 is 2.17 bits per heavy atom. The highest BCUT2D eigenvalue weighted by Gasteiger charge is 2.66. The predicted molar refractivity (Wildman–Crippen MR) is 108 cm³/mol. The van der Waals surface area contributed by atoms with Gasteiger partial charge in [0.15, 0.2) is 0 Å². The second-order valence-electron chi connectivity index (χ2n) is 6.61. The number of carbonyl (C=O) groups is 4. The van der Waals surface area contributed by atoms with E-state index < -0.39 is 34.9 Å². The number of nitrogens with zero attached hydrogens (tertiary/aromatic N) is 1. The normalized spacial score (nSPS) is 23.0. The van der Waals surface area contributed by atoms with Crippen LogP contribution >= 0.6 is 23.1 Å². The van der Waals surface area contributed by atoms with Gasteiger partial charge >= 0.3 is 11.9 Å². The summed E-state index contributed by atoms with van der Waals surface area (Å²) >= 11 is 2.61. The molecule has 4 N–H and O–H groups in total. The highest BCUT2D eigenvalue weighted by molar-refractivity contribution is 8.00. The maximum absolute atomic E-state index is 13.0. The zero-order valence-electron chi connectivity index (χ0n) is 16.3. The van der Waals surface area contributed by atoms with Crippen molar-refractivity contribution < 1.29 is 33.8 Å². The minimum atomic E-state index is -1.67. The lowest BCUT2D eigenvalue weighted by Crippen LogP contribution is -2.80. The lowest BCUT2D eigenvalue weighted by atomic mass is 9.98. The molecule has 3 rings (SSSR count). The number of amides is 2. The van der Waals surface area contributed by atoms with Crippen LogP contribution in [0, 0.1) is 0 Å². The summed E-state index contributed by atoms with van der Waals surface area (Å²) < 4.78 is 10.3. The standard InChI is InChI=1S/C18H21N3O7S2/c1-9(22)28-7-11-8-30-17-18(27-2,16(26)21(17)14(11)15(24)25)20-13(23)5-12-10(6-19)3-4-29-12/h3-4,17H,5-8,19H2,1-2H3,(H,20,23)(H,24,25)/t17-,18-/m0/s1. The monoisotopic (exact) mass is 455 g/mol. The maximum Gasteiger partial charge on any atom is 0.352 e.